The maximum Gasteiger partial charge on any atom is 0.162 e. The van der Waals surface area contributed by atoms with Crippen molar-refractivity contribution in [1.82, 2.24) is 10.5 Å². The summed E-state index contributed by atoms with van der Waals surface area (Å²) in [7, 11) is 0. The van der Waals surface area contributed by atoms with Gasteiger partial charge >= 0.3 is 0 Å². The molecule has 1 aromatic rings. The molecule has 2 bridgehead atoms. The van der Waals surface area contributed by atoms with Crippen molar-refractivity contribution in [2.45, 2.75) is 66.2 Å². The van der Waals surface area contributed by atoms with Crippen LogP contribution in [0.25, 0.3) is 0 Å². The molecule has 4 heteroatoms. The van der Waals surface area contributed by atoms with Crippen molar-refractivity contribution < 1.29 is 9.26 Å². The van der Waals surface area contributed by atoms with E-state index < -0.39 is 0 Å². The lowest BCUT2D eigenvalue weighted by Crippen LogP contribution is -2.37. The van der Waals surface area contributed by atoms with Crippen LogP contribution in [0.5, 0.6) is 0 Å². The zero-order chi connectivity index (χ0) is 15.1. The summed E-state index contributed by atoms with van der Waals surface area (Å²) in [4.78, 5) is 0. The van der Waals surface area contributed by atoms with Crippen LogP contribution in [0.15, 0.2) is 10.6 Å². The number of nitrogens with zero attached hydrogens (tertiary/aromatic N) is 1. The topological polar surface area (TPSA) is 47.3 Å². The smallest absolute Gasteiger partial charge is 0.162 e. The van der Waals surface area contributed by atoms with Crippen molar-refractivity contribution in [3.05, 3.63) is 17.5 Å². The summed E-state index contributed by atoms with van der Waals surface area (Å²) in [5, 5.41) is 7.33. The van der Waals surface area contributed by atoms with Crippen LogP contribution in [-0.4, -0.2) is 17.8 Å². The first-order valence-corrected chi connectivity index (χ1v) is 8.24. The molecule has 0 aromatic carbocycles. The fourth-order valence-corrected chi connectivity index (χ4v) is 4.33. The molecule has 2 aliphatic rings. The molecule has 21 heavy (non-hydrogen) atoms. The van der Waals surface area contributed by atoms with Gasteiger partial charge in [-0.25, -0.2) is 0 Å². The number of hydrogen-bond acceptors (Lipinski definition) is 4. The lowest BCUT2D eigenvalue weighted by Gasteiger charge is -2.38. The number of nitrogens with one attached hydrogen (secondary N) is 1. The Morgan fingerprint density at radius 3 is 2.86 bits per heavy atom. The molecule has 0 radical (unpaired) electrons. The number of aromatic nitrogens is 1. The summed E-state index contributed by atoms with van der Waals surface area (Å²) < 4.78 is 11.6. The number of hydrogen-bond donors (Lipinski definition) is 1. The molecule has 0 spiro atoms. The van der Waals surface area contributed by atoms with E-state index in [4.69, 9.17) is 9.26 Å². The van der Waals surface area contributed by atoms with Crippen LogP contribution in [0.4, 0.5) is 0 Å². The standard InChI is InChI=1S/C17H28N2O2/c1-5-18-10-13-9-14(21-19-13)11-20-15-8-12-6-7-17(15,4)16(12,2)3/h9,12,15,18H,5-8,10-11H2,1-4H3. The molecule has 0 amide bonds. The van der Waals surface area contributed by atoms with Crippen LogP contribution in [0.1, 0.15) is 58.4 Å². The molecular weight excluding hydrogens is 264 g/mol. The molecule has 2 saturated carbocycles. The first kappa shape index (κ1) is 15.0. The van der Waals surface area contributed by atoms with Crippen LogP contribution in [0, 0.1) is 16.7 Å². The lowest BCUT2D eigenvalue weighted by molar-refractivity contribution is -0.0607. The summed E-state index contributed by atoms with van der Waals surface area (Å²) in [6.45, 7) is 11.6. The normalized spacial score (nSPS) is 33.7. The molecule has 4 nitrogen and oxygen atoms in total. The van der Waals surface area contributed by atoms with Crippen molar-refractivity contribution in [2.75, 3.05) is 6.54 Å². The predicted octanol–water partition coefficient (Wildman–Crippen LogP) is 3.52. The van der Waals surface area contributed by atoms with E-state index in [-0.39, 0.29) is 0 Å². The Morgan fingerprint density at radius 2 is 2.24 bits per heavy atom. The summed E-state index contributed by atoms with van der Waals surface area (Å²) in [5.74, 6) is 1.65. The average Bonchev–Trinajstić information content (AvgIpc) is 3.04. The predicted molar refractivity (Wildman–Crippen MR) is 81.7 cm³/mol. The van der Waals surface area contributed by atoms with Crippen molar-refractivity contribution in [3.63, 3.8) is 0 Å². The van der Waals surface area contributed by atoms with E-state index in [0.29, 0.717) is 23.5 Å². The monoisotopic (exact) mass is 292 g/mol. The van der Waals surface area contributed by atoms with E-state index in [9.17, 15) is 0 Å². The van der Waals surface area contributed by atoms with Crippen LogP contribution in [-0.2, 0) is 17.9 Å². The van der Waals surface area contributed by atoms with Crippen LogP contribution < -0.4 is 5.32 Å². The van der Waals surface area contributed by atoms with E-state index in [1.165, 1.54) is 19.3 Å². The third kappa shape index (κ3) is 2.42. The van der Waals surface area contributed by atoms with Gasteiger partial charge in [0.1, 0.15) is 6.61 Å². The van der Waals surface area contributed by atoms with Crippen molar-refractivity contribution in [2.24, 2.45) is 16.7 Å². The lowest BCUT2D eigenvalue weighted by atomic mass is 9.70. The summed E-state index contributed by atoms with van der Waals surface area (Å²) in [6.07, 6.45) is 4.20. The third-order valence-corrected chi connectivity index (χ3v) is 6.30. The first-order chi connectivity index (χ1) is 9.97. The molecule has 118 valence electrons. The van der Waals surface area contributed by atoms with Gasteiger partial charge in [-0.3, -0.25) is 0 Å². The zero-order valence-electron chi connectivity index (χ0n) is 13.7. The molecule has 1 aromatic heterocycles. The van der Waals surface area contributed by atoms with Gasteiger partial charge in [0.25, 0.3) is 0 Å². The third-order valence-electron chi connectivity index (χ3n) is 6.30. The Kier molecular flexibility index (Phi) is 3.87. The average molecular weight is 292 g/mol. The highest BCUT2D eigenvalue weighted by Gasteiger charge is 2.61. The second-order valence-corrected chi connectivity index (χ2v) is 7.47. The maximum atomic E-state index is 6.23. The SMILES string of the molecule is CCNCc1cc(COC2CC3CCC2(C)C3(C)C)on1. The molecule has 2 aliphatic carbocycles. The van der Waals surface area contributed by atoms with E-state index >= 15 is 0 Å². The molecule has 2 fully saturated rings. The van der Waals surface area contributed by atoms with Gasteiger partial charge in [-0.05, 0) is 42.6 Å². The minimum Gasteiger partial charge on any atom is -0.370 e. The fraction of sp³-hybridized carbons (Fsp3) is 0.824. The second kappa shape index (κ2) is 5.40. The Morgan fingerprint density at radius 1 is 1.43 bits per heavy atom. The van der Waals surface area contributed by atoms with Crippen molar-refractivity contribution in [1.29, 1.82) is 0 Å². The van der Waals surface area contributed by atoms with Crippen LogP contribution >= 0.6 is 0 Å². The van der Waals surface area contributed by atoms with E-state index in [2.05, 4.69) is 38.2 Å². The second-order valence-electron chi connectivity index (χ2n) is 7.47. The summed E-state index contributed by atoms with van der Waals surface area (Å²) >= 11 is 0. The van der Waals surface area contributed by atoms with Gasteiger partial charge in [0.05, 0.1) is 11.8 Å². The summed E-state index contributed by atoms with van der Waals surface area (Å²) in [5.41, 5.74) is 1.66. The number of rotatable bonds is 6. The van der Waals surface area contributed by atoms with E-state index in [1.54, 1.807) is 0 Å². The molecule has 0 saturated heterocycles. The first-order valence-electron chi connectivity index (χ1n) is 8.24. The molecule has 3 atom stereocenters. The Hall–Kier alpha value is -0.870. The largest absolute Gasteiger partial charge is 0.370 e. The fourth-order valence-electron chi connectivity index (χ4n) is 4.33. The van der Waals surface area contributed by atoms with E-state index in [0.717, 1.165) is 30.5 Å². The Bertz CT molecular complexity index is 497. The molecule has 3 rings (SSSR count). The quantitative estimate of drug-likeness (QED) is 0.871. The molecular formula is C17H28N2O2. The zero-order valence-corrected chi connectivity index (χ0v) is 13.7. The van der Waals surface area contributed by atoms with Gasteiger partial charge in [0, 0.05) is 12.6 Å². The van der Waals surface area contributed by atoms with Crippen LogP contribution in [0.3, 0.4) is 0 Å². The molecule has 1 N–H and O–H groups in total. The van der Waals surface area contributed by atoms with Gasteiger partial charge in [-0.2, -0.15) is 0 Å². The maximum absolute atomic E-state index is 6.23. The van der Waals surface area contributed by atoms with Crippen molar-refractivity contribution >= 4 is 0 Å². The van der Waals surface area contributed by atoms with Gasteiger partial charge in [-0.15, -0.1) is 0 Å². The van der Waals surface area contributed by atoms with Gasteiger partial charge in [0.15, 0.2) is 5.76 Å². The highest BCUT2D eigenvalue weighted by Crippen LogP contribution is 2.66. The summed E-state index contributed by atoms with van der Waals surface area (Å²) in [6, 6.07) is 2.00. The minimum atomic E-state index is 0.310. The van der Waals surface area contributed by atoms with Crippen molar-refractivity contribution in [3.8, 4) is 0 Å². The number of fused-ring (bicyclic) bond motifs is 2. The van der Waals surface area contributed by atoms with Gasteiger partial charge < -0.3 is 14.6 Å². The highest BCUT2D eigenvalue weighted by atomic mass is 16.5. The minimum absolute atomic E-state index is 0.310. The van der Waals surface area contributed by atoms with Gasteiger partial charge in [0.2, 0.25) is 0 Å². The Balaban J connectivity index is 1.58. The molecule has 0 aliphatic heterocycles. The number of ether oxygens (including phenoxy) is 1. The van der Waals surface area contributed by atoms with Crippen LogP contribution in [0.2, 0.25) is 0 Å². The molecule has 3 unspecified atom stereocenters. The highest BCUT2D eigenvalue weighted by molar-refractivity contribution is 5.11. The Labute approximate surface area is 127 Å². The molecule has 1 heterocycles. The van der Waals surface area contributed by atoms with E-state index in [1.807, 2.05) is 6.07 Å². The van der Waals surface area contributed by atoms with Gasteiger partial charge in [-0.1, -0.05) is 32.9 Å².